The molecule has 0 saturated heterocycles. The Kier molecular flexibility index (Phi) is 7.96. The van der Waals surface area contributed by atoms with Gasteiger partial charge in [0.25, 0.3) is 5.91 Å². The molecular formula is C23H23Cl2FN2O3. The molecule has 1 unspecified atom stereocenters. The predicted octanol–water partition coefficient (Wildman–Crippen LogP) is 5.73. The van der Waals surface area contributed by atoms with Gasteiger partial charge in [-0.05, 0) is 75.1 Å². The highest BCUT2D eigenvalue weighted by Crippen LogP contribution is 2.28. The SMILES string of the molecule is CN(C)CCC(NC(=O)c1ccc(COc2ccc(Cl)cc2Cl)o1)c1ccc(F)cc1. The average molecular weight is 465 g/mol. The fourth-order valence-electron chi connectivity index (χ4n) is 2.95. The van der Waals surface area contributed by atoms with E-state index in [9.17, 15) is 9.18 Å². The summed E-state index contributed by atoms with van der Waals surface area (Å²) in [6.07, 6.45) is 0.663. The Morgan fingerprint density at radius 3 is 2.55 bits per heavy atom. The Labute approximate surface area is 190 Å². The van der Waals surface area contributed by atoms with E-state index < -0.39 is 0 Å². The highest BCUT2D eigenvalue weighted by molar-refractivity contribution is 6.35. The lowest BCUT2D eigenvalue weighted by Crippen LogP contribution is -2.30. The van der Waals surface area contributed by atoms with Crippen LogP contribution in [-0.2, 0) is 6.61 Å². The summed E-state index contributed by atoms with van der Waals surface area (Å²) in [7, 11) is 3.91. The number of halogens is 3. The number of carbonyl (C=O) groups excluding carboxylic acids is 1. The number of benzene rings is 2. The van der Waals surface area contributed by atoms with Crippen LogP contribution in [0.4, 0.5) is 4.39 Å². The van der Waals surface area contributed by atoms with Gasteiger partial charge in [0.2, 0.25) is 0 Å². The van der Waals surface area contributed by atoms with E-state index in [1.54, 1.807) is 42.5 Å². The minimum Gasteiger partial charge on any atom is -0.484 e. The van der Waals surface area contributed by atoms with Crippen molar-refractivity contribution in [1.82, 2.24) is 10.2 Å². The van der Waals surface area contributed by atoms with Crippen LogP contribution in [-0.4, -0.2) is 31.4 Å². The molecule has 0 fully saturated rings. The summed E-state index contributed by atoms with van der Waals surface area (Å²) in [5.41, 5.74) is 0.823. The maximum Gasteiger partial charge on any atom is 0.287 e. The number of carbonyl (C=O) groups is 1. The number of rotatable bonds is 9. The van der Waals surface area contributed by atoms with Crippen LogP contribution in [0.25, 0.3) is 0 Å². The van der Waals surface area contributed by atoms with Crippen LogP contribution in [0.2, 0.25) is 10.0 Å². The first-order valence-corrected chi connectivity index (χ1v) is 10.4. The molecule has 0 radical (unpaired) electrons. The van der Waals surface area contributed by atoms with Gasteiger partial charge in [0, 0.05) is 5.02 Å². The van der Waals surface area contributed by atoms with Crippen LogP contribution in [0.3, 0.4) is 0 Å². The molecule has 1 atom stereocenters. The third-order valence-corrected chi connectivity index (χ3v) is 5.12. The van der Waals surface area contributed by atoms with E-state index in [0.29, 0.717) is 28.0 Å². The van der Waals surface area contributed by atoms with Crippen molar-refractivity contribution in [3.05, 3.63) is 87.5 Å². The maximum absolute atomic E-state index is 13.3. The van der Waals surface area contributed by atoms with Crippen molar-refractivity contribution < 1.29 is 18.3 Å². The third kappa shape index (κ3) is 6.72. The van der Waals surface area contributed by atoms with E-state index in [0.717, 1.165) is 12.1 Å². The van der Waals surface area contributed by atoms with E-state index >= 15 is 0 Å². The van der Waals surface area contributed by atoms with Crippen molar-refractivity contribution in [2.75, 3.05) is 20.6 Å². The van der Waals surface area contributed by atoms with Crippen LogP contribution in [0.5, 0.6) is 5.75 Å². The normalized spacial score (nSPS) is 12.1. The number of hydrogen-bond acceptors (Lipinski definition) is 4. The van der Waals surface area contributed by atoms with E-state index in [4.69, 9.17) is 32.4 Å². The summed E-state index contributed by atoms with van der Waals surface area (Å²) in [5, 5.41) is 3.87. The summed E-state index contributed by atoms with van der Waals surface area (Å²) in [6.45, 7) is 0.859. The van der Waals surface area contributed by atoms with E-state index in [1.165, 1.54) is 12.1 Å². The second-order valence-electron chi connectivity index (χ2n) is 7.30. The van der Waals surface area contributed by atoms with E-state index in [-0.39, 0.29) is 30.1 Å². The van der Waals surface area contributed by atoms with Gasteiger partial charge in [0.1, 0.15) is 23.9 Å². The zero-order valence-corrected chi connectivity index (χ0v) is 18.7. The smallest absolute Gasteiger partial charge is 0.287 e. The van der Waals surface area contributed by atoms with Crippen LogP contribution in [0.1, 0.15) is 34.3 Å². The average Bonchev–Trinajstić information content (AvgIpc) is 3.20. The Morgan fingerprint density at radius 2 is 1.87 bits per heavy atom. The summed E-state index contributed by atoms with van der Waals surface area (Å²) < 4.78 is 24.6. The Hall–Kier alpha value is -2.54. The van der Waals surface area contributed by atoms with Crippen molar-refractivity contribution >= 4 is 29.1 Å². The fourth-order valence-corrected chi connectivity index (χ4v) is 3.42. The second-order valence-corrected chi connectivity index (χ2v) is 8.14. The molecule has 164 valence electrons. The van der Waals surface area contributed by atoms with E-state index in [1.807, 2.05) is 19.0 Å². The highest BCUT2D eigenvalue weighted by atomic mass is 35.5. The summed E-state index contributed by atoms with van der Waals surface area (Å²) >= 11 is 12.0. The molecule has 0 aliphatic rings. The molecule has 0 aliphatic carbocycles. The third-order valence-electron chi connectivity index (χ3n) is 4.59. The number of ether oxygens (including phenoxy) is 1. The van der Waals surface area contributed by atoms with Crippen LogP contribution in [0, 0.1) is 5.82 Å². The Morgan fingerprint density at radius 1 is 1.13 bits per heavy atom. The van der Waals surface area contributed by atoms with Gasteiger partial charge in [-0.25, -0.2) is 4.39 Å². The summed E-state index contributed by atoms with van der Waals surface area (Å²) in [6, 6.07) is 14.0. The van der Waals surface area contributed by atoms with Crippen molar-refractivity contribution in [3.63, 3.8) is 0 Å². The molecule has 1 heterocycles. The van der Waals surface area contributed by atoms with Crippen molar-refractivity contribution in [2.45, 2.75) is 19.1 Å². The zero-order chi connectivity index (χ0) is 22.4. The number of nitrogens with one attached hydrogen (secondary N) is 1. The van der Waals surface area contributed by atoms with Crippen LogP contribution in [0.15, 0.2) is 59.0 Å². The number of furan rings is 1. The lowest BCUT2D eigenvalue weighted by atomic mass is 10.0. The first-order valence-electron chi connectivity index (χ1n) is 9.69. The lowest BCUT2D eigenvalue weighted by molar-refractivity contribution is 0.0900. The molecule has 8 heteroatoms. The largest absolute Gasteiger partial charge is 0.484 e. The number of hydrogen-bond donors (Lipinski definition) is 1. The predicted molar refractivity (Wildman–Crippen MR) is 119 cm³/mol. The van der Waals surface area contributed by atoms with Gasteiger partial charge in [0.15, 0.2) is 5.76 Å². The molecule has 31 heavy (non-hydrogen) atoms. The van der Waals surface area contributed by atoms with Crippen molar-refractivity contribution in [3.8, 4) is 5.75 Å². The topological polar surface area (TPSA) is 54.7 Å². The molecule has 3 aromatic rings. The molecule has 3 rings (SSSR count). The molecule has 1 aromatic heterocycles. The lowest BCUT2D eigenvalue weighted by Gasteiger charge is -2.21. The number of amides is 1. The summed E-state index contributed by atoms with van der Waals surface area (Å²) in [4.78, 5) is 14.8. The Balaban J connectivity index is 1.65. The van der Waals surface area contributed by atoms with Crippen LogP contribution >= 0.6 is 23.2 Å². The van der Waals surface area contributed by atoms with Crippen molar-refractivity contribution in [2.24, 2.45) is 0 Å². The zero-order valence-electron chi connectivity index (χ0n) is 17.2. The number of nitrogens with zero attached hydrogens (tertiary/aromatic N) is 1. The minimum absolute atomic E-state index is 0.108. The minimum atomic E-state index is -0.358. The molecule has 1 amide bonds. The second kappa shape index (κ2) is 10.7. The Bertz CT molecular complexity index is 1020. The molecule has 0 aliphatic heterocycles. The molecular weight excluding hydrogens is 442 g/mol. The molecule has 0 saturated carbocycles. The molecule has 5 nitrogen and oxygen atoms in total. The first kappa shape index (κ1) is 23.1. The van der Waals surface area contributed by atoms with E-state index in [2.05, 4.69) is 5.32 Å². The van der Waals surface area contributed by atoms with Gasteiger partial charge >= 0.3 is 0 Å². The van der Waals surface area contributed by atoms with Gasteiger partial charge in [0.05, 0.1) is 11.1 Å². The van der Waals surface area contributed by atoms with Gasteiger partial charge in [-0.3, -0.25) is 4.79 Å². The van der Waals surface area contributed by atoms with Gasteiger partial charge in [-0.2, -0.15) is 0 Å². The summed E-state index contributed by atoms with van der Waals surface area (Å²) in [5.74, 6) is 0.427. The van der Waals surface area contributed by atoms with Gasteiger partial charge < -0.3 is 19.4 Å². The quantitative estimate of drug-likeness (QED) is 0.439. The maximum atomic E-state index is 13.3. The molecule has 0 spiro atoms. The molecule has 1 N–H and O–H groups in total. The van der Waals surface area contributed by atoms with Gasteiger partial charge in [-0.1, -0.05) is 35.3 Å². The molecule has 0 bridgehead atoms. The van der Waals surface area contributed by atoms with Crippen LogP contribution < -0.4 is 10.1 Å². The fraction of sp³-hybridized carbons (Fsp3) is 0.261. The van der Waals surface area contributed by atoms with Crippen molar-refractivity contribution in [1.29, 1.82) is 0 Å². The molecule has 2 aromatic carbocycles. The monoisotopic (exact) mass is 464 g/mol. The first-order chi connectivity index (χ1) is 14.8. The standard InChI is InChI=1S/C23H23Cl2FN2O3/c1-28(2)12-11-20(15-3-6-17(26)7-4-15)27-23(29)22-10-8-18(31-22)14-30-21-9-5-16(24)13-19(21)25/h3-10,13,20H,11-12,14H2,1-2H3,(H,27,29). The highest BCUT2D eigenvalue weighted by Gasteiger charge is 2.19. The van der Waals surface area contributed by atoms with Gasteiger partial charge in [-0.15, -0.1) is 0 Å².